The average Bonchev–Trinajstić information content (AvgIpc) is 2.53. The van der Waals surface area contributed by atoms with Crippen LogP contribution >= 0.6 is 0 Å². The molecule has 1 rings (SSSR count). The maximum Gasteiger partial charge on any atom is 0.460 e. The van der Waals surface area contributed by atoms with E-state index in [-0.39, 0.29) is 0 Å². The zero-order valence-corrected chi connectivity index (χ0v) is 6.43. The molecule has 0 amide bonds. The van der Waals surface area contributed by atoms with Gasteiger partial charge in [0.05, 0.1) is 5.82 Å². The minimum Gasteiger partial charge on any atom is -0.329 e. The Labute approximate surface area is 76.5 Å². The number of hydrogen-bond acceptors (Lipinski definition) is 3. The quantitative estimate of drug-likeness (QED) is 0.723. The summed E-state index contributed by atoms with van der Waals surface area (Å²) < 4.78 is 84.5. The summed E-state index contributed by atoms with van der Waals surface area (Å²) in [4.78, 5) is 0. The lowest BCUT2D eigenvalue weighted by Gasteiger charge is -2.27. The Morgan fingerprint density at radius 1 is 0.933 bits per heavy atom. The second kappa shape index (κ2) is 3.03. The third-order valence-electron chi connectivity index (χ3n) is 1.35. The van der Waals surface area contributed by atoms with E-state index in [0.717, 1.165) is 0 Å². The first-order valence-electron chi connectivity index (χ1n) is 3.12. The molecule has 0 aliphatic rings. The number of hydrogen-bond donors (Lipinski definition) is 0. The molecule has 0 bridgehead atoms. The summed E-state index contributed by atoms with van der Waals surface area (Å²) in [6.45, 7) is 0. The second-order valence-electron chi connectivity index (χ2n) is 2.35. The minimum atomic E-state index is -6.42. The minimum absolute atomic E-state index is 2.08. The average molecular weight is 237 g/mol. The van der Waals surface area contributed by atoms with Crippen LogP contribution in [0.1, 0.15) is 5.82 Å². The van der Waals surface area contributed by atoms with E-state index in [2.05, 4.69) is 20.6 Å². The highest BCUT2D eigenvalue weighted by Gasteiger charge is 2.73. The second-order valence-corrected chi connectivity index (χ2v) is 2.35. The van der Waals surface area contributed by atoms with Crippen LogP contribution in [0.5, 0.6) is 0 Å². The van der Waals surface area contributed by atoms with E-state index in [1.807, 2.05) is 0 Å². The molecule has 0 saturated heterocycles. The Morgan fingerprint density at radius 2 is 1.47 bits per heavy atom. The molecule has 0 atom stereocenters. The molecule has 86 valence electrons. The molecular formula is C4F7N4-. The highest BCUT2D eigenvalue weighted by Crippen LogP contribution is 2.50. The van der Waals surface area contributed by atoms with Gasteiger partial charge in [-0.1, -0.05) is 0 Å². The normalized spacial score (nSPS) is 14.3. The molecule has 0 aromatic carbocycles. The van der Waals surface area contributed by atoms with E-state index in [9.17, 15) is 30.7 Å². The Hall–Kier alpha value is -1.42. The summed E-state index contributed by atoms with van der Waals surface area (Å²) in [6, 6.07) is 0. The van der Waals surface area contributed by atoms with Gasteiger partial charge >= 0.3 is 18.0 Å². The van der Waals surface area contributed by atoms with Crippen molar-refractivity contribution in [3.63, 3.8) is 0 Å². The monoisotopic (exact) mass is 237 g/mol. The lowest BCUT2D eigenvalue weighted by Crippen LogP contribution is -2.50. The number of tetrazole rings is 1. The van der Waals surface area contributed by atoms with Gasteiger partial charge in [0.25, 0.3) is 0 Å². The molecule has 1 heterocycles. The summed E-state index contributed by atoms with van der Waals surface area (Å²) in [6.07, 6.45) is -6.42. The van der Waals surface area contributed by atoms with Gasteiger partial charge in [-0.3, -0.25) is 10.3 Å². The maximum atomic E-state index is 12.6. The van der Waals surface area contributed by atoms with Gasteiger partial charge in [-0.25, -0.2) is 0 Å². The van der Waals surface area contributed by atoms with Gasteiger partial charge in [-0.15, -0.1) is 0 Å². The lowest BCUT2D eigenvalue weighted by molar-refractivity contribution is -0.361. The van der Waals surface area contributed by atoms with E-state index in [1.165, 1.54) is 0 Å². The Kier molecular flexibility index (Phi) is 2.36. The van der Waals surface area contributed by atoms with Crippen LogP contribution in [-0.4, -0.2) is 27.6 Å². The molecule has 0 aliphatic heterocycles. The molecular weight excluding hydrogens is 237 g/mol. The fourth-order valence-electron chi connectivity index (χ4n) is 0.589. The van der Waals surface area contributed by atoms with Crippen LogP contribution in [0.3, 0.4) is 0 Å². The van der Waals surface area contributed by atoms with Crippen LogP contribution in [0, 0.1) is 0 Å². The zero-order chi connectivity index (χ0) is 11.9. The number of halogens is 7. The van der Waals surface area contributed by atoms with Gasteiger partial charge in [0.2, 0.25) is 0 Å². The van der Waals surface area contributed by atoms with Gasteiger partial charge < -0.3 is 5.10 Å². The van der Waals surface area contributed by atoms with E-state index >= 15 is 0 Å². The van der Waals surface area contributed by atoms with Crippen molar-refractivity contribution in [1.82, 2.24) is 20.6 Å². The van der Waals surface area contributed by atoms with Gasteiger partial charge in [0, 0.05) is 0 Å². The summed E-state index contributed by atoms with van der Waals surface area (Å²) in [5.74, 6) is -14.0. The van der Waals surface area contributed by atoms with Crippen molar-refractivity contribution < 1.29 is 30.7 Å². The maximum absolute atomic E-state index is 12.6. The smallest absolute Gasteiger partial charge is 0.329 e. The van der Waals surface area contributed by atoms with Crippen molar-refractivity contribution in [2.75, 3.05) is 0 Å². The molecule has 0 unspecified atom stereocenters. The van der Waals surface area contributed by atoms with Crippen molar-refractivity contribution in [2.45, 2.75) is 18.0 Å². The molecule has 0 saturated carbocycles. The van der Waals surface area contributed by atoms with Crippen LogP contribution in [-0.2, 0) is 5.92 Å². The number of alkyl halides is 7. The van der Waals surface area contributed by atoms with E-state index < -0.39 is 23.8 Å². The Balaban J connectivity index is 3.17. The van der Waals surface area contributed by atoms with Crippen molar-refractivity contribution in [2.24, 2.45) is 0 Å². The van der Waals surface area contributed by atoms with E-state index in [1.54, 1.807) is 0 Å². The van der Waals surface area contributed by atoms with Crippen LogP contribution in [0.4, 0.5) is 30.7 Å². The van der Waals surface area contributed by atoms with Gasteiger partial charge in [0.15, 0.2) is 0 Å². The SMILES string of the molecule is FC(F)(F)C(F)(F)C(F)(F)c1nnn[n-]1. The third-order valence-corrected chi connectivity index (χ3v) is 1.35. The predicted octanol–water partition coefficient (Wildman–Crippen LogP) is 1.12. The Morgan fingerprint density at radius 3 is 1.80 bits per heavy atom. The Bertz CT molecular complexity index is 327. The van der Waals surface area contributed by atoms with Crippen molar-refractivity contribution in [1.29, 1.82) is 0 Å². The molecule has 0 radical (unpaired) electrons. The molecule has 0 N–H and O–H groups in total. The molecule has 11 heteroatoms. The summed E-state index contributed by atoms with van der Waals surface area (Å²) in [5, 5.41) is 9.32. The van der Waals surface area contributed by atoms with Gasteiger partial charge in [-0.2, -0.15) is 35.9 Å². The molecule has 1 aromatic rings. The van der Waals surface area contributed by atoms with E-state index in [0.29, 0.717) is 0 Å². The van der Waals surface area contributed by atoms with Crippen molar-refractivity contribution in [3.8, 4) is 0 Å². The van der Waals surface area contributed by atoms with Crippen LogP contribution in [0.25, 0.3) is 0 Å². The third kappa shape index (κ3) is 1.61. The molecule has 15 heavy (non-hydrogen) atoms. The molecule has 1 aromatic heterocycles. The van der Waals surface area contributed by atoms with Gasteiger partial charge in [0.1, 0.15) is 0 Å². The lowest BCUT2D eigenvalue weighted by atomic mass is 10.1. The molecule has 0 aliphatic carbocycles. The van der Waals surface area contributed by atoms with Gasteiger partial charge in [-0.05, 0) is 0 Å². The first-order chi connectivity index (χ1) is 6.61. The molecule has 4 nitrogen and oxygen atoms in total. The zero-order valence-electron chi connectivity index (χ0n) is 6.43. The predicted molar refractivity (Wildman–Crippen MR) is 28.0 cm³/mol. The number of nitrogens with zero attached hydrogens (tertiary/aromatic N) is 4. The highest BCUT2D eigenvalue weighted by atomic mass is 19.4. The first-order valence-corrected chi connectivity index (χ1v) is 3.12. The number of aromatic nitrogens is 4. The topological polar surface area (TPSA) is 52.8 Å². The van der Waals surface area contributed by atoms with Crippen molar-refractivity contribution >= 4 is 0 Å². The number of rotatable bonds is 2. The fourth-order valence-corrected chi connectivity index (χ4v) is 0.589. The first kappa shape index (κ1) is 11.7. The molecule has 0 fully saturated rings. The van der Waals surface area contributed by atoms with Crippen LogP contribution in [0.2, 0.25) is 0 Å². The van der Waals surface area contributed by atoms with Crippen LogP contribution in [0.15, 0.2) is 0 Å². The molecule has 0 spiro atoms. The van der Waals surface area contributed by atoms with Crippen LogP contribution < -0.4 is 5.10 Å². The van der Waals surface area contributed by atoms with E-state index in [4.69, 9.17) is 0 Å². The van der Waals surface area contributed by atoms with Crippen molar-refractivity contribution in [3.05, 3.63) is 5.82 Å². The fraction of sp³-hybridized carbons (Fsp3) is 0.750. The summed E-state index contributed by atoms with van der Waals surface area (Å²) in [5.41, 5.74) is 0. The summed E-state index contributed by atoms with van der Waals surface area (Å²) >= 11 is 0. The largest absolute Gasteiger partial charge is 0.460 e. The highest BCUT2D eigenvalue weighted by molar-refractivity contribution is 5.02. The summed E-state index contributed by atoms with van der Waals surface area (Å²) in [7, 11) is 0. The standard InChI is InChI=1S/C4F7N4/c5-2(6,1-12-14-15-13-1)3(7,8)4(9,10)11/q-1.